The van der Waals surface area contributed by atoms with Gasteiger partial charge in [0, 0.05) is 21.8 Å². The Morgan fingerprint density at radius 3 is 2.60 bits per heavy atom. The summed E-state index contributed by atoms with van der Waals surface area (Å²) in [5, 5.41) is 14.2. The molecule has 20 heavy (non-hydrogen) atoms. The number of benzene rings is 1. The molecule has 2 rings (SSSR count). The molecule has 1 atom stereocenters. The molecule has 0 aliphatic heterocycles. The molecule has 1 unspecified atom stereocenters. The summed E-state index contributed by atoms with van der Waals surface area (Å²) >= 11 is 3.36. The summed E-state index contributed by atoms with van der Waals surface area (Å²) in [6.07, 6.45) is 0. The number of nitro groups is 1. The lowest BCUT2D eigenvalue weighted by Gasteiger charge is -2.15. The van der Waals surface area contributed by atoms with Gasteiger partial charge in [0.15, 0.2) is 0 Å². The largest absolute Gasteiger partial charge is 0.464 e. The number of aryl methyl sites for hydroxylation is 2. The van der Waals surface area contributed by atoms with Crippen LogP contribution >= 0.6 is 15.9 Å². The van der Waals surface area contributed by atoms with E-state index in [0.717, 1.165) is 17.2 Å². The van der Waals surface area contributed by atoms with Crippen LogP contribution in [0.4, 0.5) is 11.4 Å². The Hall–Kier alpha value is -1.82. The number of anilines is 1. The summed E-state index contributed by atoms with van der Waals surface area (Å²) in [6, 6.07) is 7.07. The van der Waals surface area contributed by atoms with Gasteiger partial charge in [-0.15, -0.1) is 0 Å². The summed E-state index contributed by atoms with van der Waals surface area (Å²) in [6.45, 7) is 5.58. The van der Waals surface area contributed by atoms with Crippen molar-refractivity contribution >= 4 is 27.3 Å². The minimum Gasteiger partial charge on any atom is -0.464 e. The predicted octanol–water partition coefficient (Wildman–Crippen LogP) is 4.74. The molecular weight excluding hydrogens is 324 g/mol. The first kappa shape index (κ1) is 14.6. The topological polar surface area (TPSA) is 68.3 Å². The van der Waals surface area contributed by atoms with Crippen molar-refractivity contribution in [3.05, 3.63) is 55.9 Å². The highest BCUT2D eigenvalue weighted by molar-refractivity contribution is 9.10. The summed E-state index contributed by atoms with van der Waals surface area (Å²) in [7, 11) is 0. The van der Waals surface area contributed by atoms with Crippen molar-refractivity contribution in [2.24, 2.45) is 0 Å². The molecule has 1 heterocycles. The molecule has 0 bridgehead atoms. The van der Waals surface area contributed by atoms with Gasteiger partial charge >= 0.3 is 0 Å². The first-order valence-electron chi connectivity index (χ1n) is 6.16. The van der Waals surface area contributed by atoms with Crippen LogP contribution in [0.3, 0.4) is 0 Å². The molecule has 0 amide bonds. The first-order chi connectivity index (χ1) is 9.38. The molecule has 1 aromatic carbocycles. The van der Waals surface area contributed by atoms with Gasteiger partial charge in [0.05, 0.1) is 11.0 Å². The van der Waals surface area contributed by atoms with E-state index in [1.165, 1.54) is 6.07 Å². The predicted molar refractivity (Wildman–Crippen MR) is 81.0 cm³/mol. The van der Waals surface area contributed by atoms with E-state index < -0.39 is 0 Å². The zero-order valence-corrected chi connectivity index (χ0v) is 13.0. The van der Waals surface area contributed by atoms with Crippen molar-refractivity contribution in [2.75, 3.05) is 5.32 Å². The molecule has 0 radical (unpaired) electrons. The smallest absolute Gasteiger partial charge is 0.273 e. The van der Waals surface area contributed by atoms with E-state index in [2.05, 4.69) is 21.2 Å². The Balaban J connectivity index is 2.25. The Morgan fingerprint density at radius 2 is 2.05 bits per heavy atom. The molecule has 0 aliphatic rings. The van der Waals surface area contributed by atoms with Crippen molar-refractivity contribution in [3.63, 3.8) is 0 Å². The van der Waals surface area contributed by atoms with Crippen LogP contribution in [0.2, 0.25) is 0 Å². The molecule has 0 spiro atoms. The van der Waals surface area contributed by atoms with Crippen LogP contribution in [0.1, 0.15) is 30.0 Å². The fraction of sp³-hybridized carbons (Fsp3) is 0.286. The Bertz CT molecular complexity index is 652. The van der Waals surface area contributed by atoms with Crippen LogP contribution in [0, 0.1) is 24.0 Å². The molecule has 5 nitrogen and oxygen atoms in total. The standard InChI is InChI=1S/C14H15BrN2O3/c1-8-6-12(11(15)7-13(8)17(18)19)16-10(3)14-5-4-9(2)20-14/h4-7,10,16H,1-3H3. The van der Waals surface area contributed by atoms with E-state index in [1.807, 2.05) is 26.0 Å². The Kier molecular flexibility index (Phi) is 4.13. The minimum atomic E-state index is -0.386. The van der Waals surface area contributed by atoms with Crippen molar-refractivity contribution < 1.29 is 9.34 Å². The number of furan rings is 1. The summed E-state index contributed by atoms with van der Waals surface area (Å²) in [5.74, 6) is 1.68. The van der Waals surface area contributed by atoms with Crippen LogP contribution in [-0.2, 0) is 0 Å². The van der Waals surface area contributed by atoms with E-state index >= 15 is 0 Å². The Morgan fingerprint density at radius 1 is 1.35 bits per heavy atom. The fourth-order valence-corrected chi connectivity index (χ4v) is 2.41. The zero-order valence-electron chi connectivity index (χ0n) is 11.4. The number of halogens is 1. The van der Waals surface area contributed by atoms with Gasteiger partial charge in [0.25, 0.3) is 5.69 Å². The first-order valence-corrected chi connectivity index (χ1v) is 6.95. The molecule has 0 saturated carbocycles. The van der Waals surface area contributed by atoms with Gasteiger partial charge in [-0.3, -0.25) is 10.1 Å². The van der Waals surface area contributed by atoms with E-state index in [4.69, 9.17) is 4.42 Å². The summed E-state index contributed by atoms with van der Waals surface area (Å²) in [5.41, 5.74) is 1.52. The molecular formula is C14H15BrN2O3. The third kappa shape index (κ3) is 3.01. The van der Waals surface area contributed by atoms with Gasteiger partial charge in [-0.25, -0.2) is 0 Å². The third-order valence-corrected chi connectivity index (χ3v) is 3.70. The van der Waals surface area contributed by atoms with Crippen LogP contribution in [0.15, 0.2) is 33.2 Å². The fourth-order valence-electron chi connectivity index (χ4n) is 1.97. The zero-order chi connectivity index (χ0) is 14.9. The molecule has 6 heteroatoms. The highest BCUT2D eigenvalue weighted by atomic mass is 79.9. The normalized spacial score (nSPS) is 12.2. The maximum Gasteiger partial charge on any atom is 0.273 e. The van der Waals surface area contributed by atoms with Crippen LogP contribution < -0.4 is 5.32 Å². The maximum atomic E-state index is 10.9. The Labute approximate surface area is 125 Å². The number of hydrogen-bond acceptors (Lipinski definition) is 4. The molecule has 0 saturated heterocycles. The average Bonchev–Trinajstić information content (AvgIpc) is 2.79. The quantitative estimate of drug-likeness (QED) is 0.645. The van der Waals surface area contributed by atoms with Crippen LogP contribution in [0.5, 0.6) is 0 Å². The van der Waals surface area contributed by atoms with E-state index in [0.29, 0.717) is 10.0 Å². The summed E-state index contributed by atoms with van der Waals surface area (Å²) < 4.78 is 6.22. The van der Waals surface area contributed by atoms with Gasteiger partial charge in [-0.05, 0) is 54.9 Å². The van der Waals surface area contributed by atoms with Gasteiger partial charge in [-0.1, -0.05) is 0 Å². The lowest BCUT2D eigenvalue weighted by Crippen LogP contribution is -2.06. The second kappa shape index (κ2) is 5.66. The maximum absolute atomic E-state index is 10.9. The highest BCUT2D eigenvalue weighted by Gasteiger charge is 2.16. The number of nitrogens with one attached hydrogen (secondary N) is 1. The molecule has 0 fully saturated rings. The van der Waals surface area contributed by atoms with E-state index in [9.17, 15) is 10.1 Å². The lowest BCUT2D eigenvalue weighted by atomic mass is 10.1. The number of rotatable bonds is 4. The van der Waals surface area contributed by atoms with Gasteiger partial charge in [0.1, 0.15) is 11.5 Å². The minimum absolute atomic E-state index is 0.0270. The molecule has 1 aromatic heterocycles. The molecule has 106 valence electrons. The number of nitrogens with zero attached hydrogens (tertiary/aromatic N) is 1. The van der Waals surface area contributed by atoms with Crippen LogP contribution in [0.25, 0.3) is 0 Å². The lowest BCUT2D eigenvalue weighted by molar-refractivity contribution is -0.385. The van der Waals surface area contributed by atoms with Gasteiger partial charge in [0.2, 0.25) is 0 Å². The molecule has 1 N–H and O–H groups in total. The van der Waals surface area contributed by atoms with Crippen molar-refractivity contribution in [3.8, 4) is 0 Å². The third-order valence-electron chi connectivity index (χ3n) is 3.04. The van der Waals surface area contributed by atoms with Crippen LogP contribution in [-0.4, -0.2) is 4.92 Å². The average molecular weight is 339 g/mol. The molecule has 0 aliphatic carbocycles. The second-order valence-electron chi connectivity index (χ2n) is 4.69. The molecule has 2 aromatic rings. The monoisotopic (exact) mass is 338 g/mol. The van der Waals surface area contributed by atoms with Gasteiger partial charge < -0.3 is 9.73 Å². The van der Waals surface area contributed by atoms with E-state index in [-0.39, 0.29) is 16.7 Å². The van der Waals surface area contributed by atoms with Gasteiger partial charge in [-0.2, -0.15) is 0 Å². The SMILES string of the molecule is Cc1ccc(C(C)Nc2cc(C)c([N+](=O)[O-])cc2Br)o1. The van der Waals surface area contributed by atoms with E-state index in [1.54, 1.807) is 13.0 Å². The van der Waals surface area contributed by atoms with Crippen molar-refractivity contribution in [2.45, 2.75) is 26.8 Å². The number of nitro benzene ring substituents is 1. The second-order valence-corrected chi connectivity index (χ2v) is 5.54. The highest BCUT2D eigenvalue weighted by Crippen LogP contribution is 2.33. The van der Waals surface area contributed by atoms with Crippen molar-refractivity contribution in [1.29, 1.82) is 0 Å². The number of hydrogen-bond donors (Lipinski definition) is 1. The summed E-state index contributed by atoms with van der Waals surface area (Å²) in [4.78, 5) is 10.5. The van der Waals surface area contributed by atoms with Crippen molar-refractivity contribution in [1.82, 2.24) is 0 Å².